The van der Waals surface area contributed by atoms with Crippen molar-refractivity contribution in [2.45, 2.75) is 6.54 Å². The first-order valence-electron chi connectivity index (χ1n) is 8.04. The van der Waals surface area contributed by atoms with Crippen molar-refractivity contribution in [2.75, 3.05) is 7.05 Å². The first-order valence-corrected chi connectivity index (χ1v) is 9.80. The van der Waals surface area contributed by atoms with Crippen LogP contribution < -0.4 is 0 Å². The summed E-state index contributed by atoms with van der Waals surface area (Å²) in [6.45, 7) is 0.484. The van der Waals surface area contributed by atoms with E-state index in [1.54, 1.807) is 29.5 Å². The van der Waals surface area contributed by atoms with Gasteiger partial charge in [-0.15, -0.1) is 22.7 Å². The van der Waals surface area contributed by atoms with E-state index in [0.717, 1.165) is 21.1 Å². The second-order valence-electron chi connectivity index (χ2n) is 5.81. The quantitative estimate of drug-likeness (QED) is 0.518. The van der Waals surface area contributed by atoms with E-state index in [1.807, 2.05) is 64.1 Å². The lowest BCUT2D eigenvalue weighted by molar-refractivity contribution is 0.0780. The van der Waals surface area contributed by atoms with Crippen LogP contribution in [-0.4, -0.2) is 32.6 Å². The van der Waals surface area contributed by atoms with Gasteiger partial charge in [-0.2, -0.15) is 5.10 Å². The minimum absolute atomic E-state index is 0.0866. The van der Waals surface area contributed by atoms with Crippen molar-refractivity contribution in [1.29, 1.82) is 0 Å². The van der Waals surface area contributed by atoms with Gasteiger partial charge in [0.25, 0.3) is 5.91 Å². The molecule has 0 radical (unpaired) electrons. The molecule has 0 aliphatic rings. The van der Waals surface area contributed by atoms with E-state index in [9.17, 15) is 4.79 Å². The van der Waals surface area contributed by atoms with Crippen LogP contribution in [0.25, 0.3) is 15.6 Å². The molecule has 0 aliphatic carbocycles. The number of amides is 1. The third kappa shape index (κ3) is 3.44. The summed E-state index contributed by atoms with van der Waals surface area (Å²) in [5.74, 6) is -0.0866. The van der Waals surface area contributed by atoms with E-state index in [1.165, 1.54) is 11.3 Å². The van der Waals surface area contributed by atoms with Crippen LogP contribution >= 0.6 is 22.7 Å². The molecule has 0 saturated carbocycles. The largest absolute Gasteiger partial charge is 0.336 e. The van der Waals surface area contributed by atoms with Crippen molar-refractivity contribution in [3.05, 3.63) is 76.9 Å². The molecule has 0 fully saturated rings. The number of aromatic nitrogens is 3. The van der Waals surface area contributed by atoms with Crippen molar-refractivity contribution >= 4 is 28.6 Å². The summed E-state index contributed by atoms with van der Waals surface area (Å²) in [4.78, 5) is 19.9. The van der Waals surface area contributed by atoms with Crippen molar-refractivity contribution in [2.24, 2.45) is 0 Å². The Bertz CT molecular complexity index is 1010. The first-order chi connectivity index (χ1) is 12.7. The van der Waals surface area contributed by atoms with Gasteiger partial charge in [-0.1, -0.05) is 24.3 Å². The van der Waals surface area contributed by atoms with E-state index in [-0.39, 0.29) is 5.91 Å². The molecule has 0 spiro atoms. The Labute approximate surface area is 159 Å². The molecule has 3 aromatic heterocycles. The number of carbonyl (C=O) groups excluding carboxylic acids is 1. The van der Waals surface area contributed by atoms with Crippen LogP contribution in [0.2, 0.25) is 0 Å². The van der Waals surface area contributed by atoms with Gasteiger partial charge in [-0.25, -0.2) is 9.67 Å². The zero-order valence-electron chi connectivity index (χ0n) is 14.1. The lowest BCUT2D eigenvalue weighted by atomic mass is 10.3. The van der Waals surface area contributed by atoms with E-state index in [4.69, 9.17) is 0 Å². The SMILES string of the molecule is CN(Cc1cnn(-c2ccccc2)c1)C(=O)c1csc(-c2cccs2)n1. The Morgan fingerprint density at radius 3 is 2.77 bits per heavy atom. The number of benzene rings is 1. The maximum Gasteiger partial charge on any atom is 0.273 e. The topological polar surface area (TPSA) is 51.0 Å². The van der Waals surface area contributed by atoms with Gasteiger partial charge in [-0.05, 0) is 23.6 Å². The highest BCUT2D eigenvalue weighted by Crippen LogP contribution is 2.28. The molecule has 1 amide bonds. The highest BCUT2D eigenvalue weighted by atomic mass is 32.1. The summed E-state index contributed by atoms with van der Waals surface area (Å²) in [6.07, 6.45) is 3.73. The third-order valence-electron chi connectivity index (χ3n) is 3.88. The molecule has 4 rings (SSSR count). The van der Waals surface area contributed by atoms with Gasteiger partial charge in [0, 0.05) is 30.7 Å². The van der Waals surface area contributed by atoms with Crippen molar-refractivity contribution in [3.8, 4) is 15.6 Å². The Kier molecular flexibility index (Phi) is 4.64. The lowest BCUT2D eigenvalue weighted by Gasteiger charge is -2.14. The monoisotopic (exact) mass is 380 g/mol. The van der Waals surface area contributed by atoms with Crippen molar-refractivity contribution < 1.29 is 4.79 Å². The minimum Gasteiger partial charge on any atom is -0.336 e. The summed E-state index contributed by atoms with van der Waals surface area (Å²) in [5.41, 5.74) is 2.45. The molecule has 0 aliphatic heterocycles. The number of para-hydroxylation sites is 1. The Morgan fingerprint density at radius 2 is 2.00 bits per heavy atom. The summed E-state index contributed by atoms with van der Waals surface area (Å²) in [6, 6.07) is 13.9. The summed E-state index contributed by atoms with van der Waals surface area (Å²) in [7, 11) is 1.78. The van der Waals surface area contributed by atoms with Crippen LogP contribution in [0.5, 0.6) is 0 Å². The third-order valence-corrected chi connectivity index (χ3v) is 5.76. The van der Waals surface area contributed by atoms with Gasteiger partial charge < -0.3 is 4.90 Å². The van der Waals surface area contributed by atoms with E-state index >= 15 is 0 Å². The predicted molar refractivity (Wildman–Crippen MR) is 105 cm³/mol. The molecule has 26 heavy (non-hydrogen) atoms. The van der Waals surface area contributed by atoms with E-state index in [2.05, 4.69) is 10.1 Å². The average molecular weight is 380 g/mol. The molecule has 7 heteroatoms. The van der Waals surface area contributed by atoms with Gasteiger partial charge in [-0.3, -0.25) is 4.79 Å². The van der Waals surface area contributed by atoms with Crippen LogP contribution in [0.3, 0.4) is 0 Å². The molecule has 0 unspecified atom stereocenters. The van der Waals surface area contributed by atoms with Crippen LogP contribution in [0.15, 0.2) is 65.6 Å². The smallest absolute Gasteiger partial charge is 0.273 e. The number of rotatable bonds is 5. The fraction of sp³-hybridized carbons (Fsp3) is 0.105. The maximum absolute atomic E-state index is 12.7. The lowest BCUT2D eigenvalue weighted by Crippen LogP contribution is -2.26. The molecular weight excluding hydrogens is 364 g/mol. The van der Waals surface area contributed by atoms with Gasteiger partial charge in [0.1, 0.15) is 10.7 Å². The number of thiazole rings is 1. The Hall–Kier alpha value is -2.77. The molecule has 0 atom stereocenters. The van der Waals surface area contributed by atoms with Gasteiger partial charge in [0.2, 0.25) is 0 Å². The summed E-state index contributed by atoms with van der Waals surface area (Å²) >= 11 is 3.12. The second-order valence-corrected chi connectivity index (χ2v) is 7.61. The molecule has 0 saturated heterocycles. The van der Waals surface area contributed by atoms with Crippen LogP contribution in [-0.2, 0) is 6.54 Å². The normalized spacial score (nSPS) is 10.8. The molecule has 3 heterocycles. The van der Waals surface area contributed by atoms with Gasteiger partial charge in [0.05, 0.1) is 16.8 Å². The molecular formula is C19H16N4OS2. The zero-order valence-corrected chi connectivity index (χ0v) is 15.7. The number of nitrogens with zero attached hydrogens (tertiary/aromatic N) is 4. The van der Waals surface area contributed by atoms with Crippen LogP contribution in [0.1, 0.15) is 16.1 Å². The standard InChI is InChI=1S/C19H16N4OS2/c1-22(11-14-10-20-23(12-14)15-6-3-2-4-7-15)19(24)16-13-26-18(21-16)17-8-5-9-25-17/h2-10,12-13H,11H2,1H3. The van der Waals surface area contributed by atoms with Gasteiger partial charge in [0.15, 0.2) is 0 Å². The fourth-order valence-corrected chi connectivity index (χ4v) is 4.20. The van der Waals surface area contributed by atoms with Crippen LogP contribution in [0.4, 0.5) is 0 Å². The van der Waals surface area contributed by atoms with Crippen molar-refractivity contribution in [3.63, 3.8) is 0 Å². The highest BCUT2D eigenvalue weighted by Gasteiger charge is 2.17. The molecule has 0 bridgehead atoms. The van der Waals surface area contributed by atoms with Gasteiger partial charge >= 0.3 is 0 Å². The van der Waals surface area contributed by atoms with Crippen LogP contribution in [0, 0.1) is 0 Å². The highest BCUT2D eigenvalue weighted by molar-refractivity contribution is 7.20. The van der Waals surface area contributed by atoms with Crippen molar-refractivity contribution in [1.82, 2.24) is 19.7 Å². The molecule has 5 nitrogen and oxygen atoms in total. The molecule has 130 valence electrons. The average Bonchev–Trinajstić information content (AvgIpc) is 3.42. The minimum atomic E-state index is -0.0866. The summed E-state index contributed by atoms with van der Waals surface area (Å²) in [5, 5.41) is 9.09. The number of hydrogen-bond acceptors (Lipinski definition) is 5. The number of carbonyl (C=O) groups is 1. The molecule has 0 N–H and O–H groups in total. The number of hydrogen-bond donors (Lipinski definition) is 0. The second kappa shape index (κ2) is 7.23. The predicted octanol–water partition coefficient (Wildman–Crippen LogP) is 4.33. The molecule has 1 aromatic carbocycles. The first kappa shape index (κ1) is 16.7. The molecule has 4 aromatic rings. The fourth-order valence-electron chi connectivity index (χ4n) is 2.59. The Morgan fingerprint density at radius 1 is 1.15 bits per heavy atom. The summed E-state index contributed by atoms with van der Waals surface area (Å²) < 4.78 is 1.81. The Balaban J connectivity index is 1.46. The zero-order chi connectivity index (χ0) is 17.9. The maximum atomic E-state index is 12.7. The van der Waals surface area contributed by atoms with E-state index < -0.39 is 0 Å². The van der Waals surface area contributed by atoms with E-state index in [0.29, 0.717) is 12.2 Å². The number of thiophene rings is 1.